The first-order chi connectivity index (χ1) is 7.61. The van der Waals surface area contributed by atoms with Crippen molar-refractivity contribution in [1.29, 1.82) is 0 Å². The van der Waals surface area contributed by atoms with Gasteiger partial charge in [0.05, 0.1) is 12.5 Å². The van der Waals surface area contributed by atoms with Gasteiger partial charge in [-0.1, -0.05) is 12.8 Å². The molecule has 0 aromatic rings. The maximum absolute atomic E-state index is 11.3. The van der Waals surface area contributed by atoms with Gasteiger partial charge >= 0.3 is 11.9 Å². The number of ether oxygens (including phenoxy) is 2. The van der Waals surface area contributed by atoms with E-state index in [1.54, 1.807) is 13.8 Å². The van der Waals surface area contributed by atoms with E-state index in [9.17, 15) is 9.59 Å². The molecule has 0 N–H and O–H groups in total. The van der Waals surface area contributed by atoms with Crippen LogP contribution in [0, 0.1) is 18.3 Å². The molecule has 1 atom stereocenters. The molecule has 0 spiro atoms. The van der Waals surface area contributed by atoms with Crippen molar-refractivity contribution in [1.82, 2.24) is 0 Å². The molecular formula is C12H18O4. The number of carbonyl (C=O) groups is 2. The van der Waals surface area contributed by atoms with Crippen LogP contribution in [0.25, 0.3) is 0 Å². The van der Waals surface area contributed by atoms with Crippen LogP contribution in [-0.2, 0) is 19.1 Å². The molecule has 0 bridgehead atoms. The number of hydrogen-bond acceptors (Lipinski definition) is 4. The molecule has 0 fully saturated rings. The Labute approximate surface area is 96.3 Å². The number of hydrogen-bond donors (Lipinski definition) is 0. The molecule has 0 saturated carbocycles. The lowest BCUT2D eigenvalue weighted by molar-refractivity contribution is -0.147. The van der Waals surface area contributed by atoms with Crippen molar-refractivity contribution in [3.05, 3.63) is 0 Å². The SMILES string of the molecule is C#CCOC(=O)C(C)CCCC(=O)OCC. The van der Waals surface area contributed by atoms with Gasteiger partial charge in [-0.25, -0.2) is 0 Å². The summed E-state index contributed by atoms with van der Waals surface area (Å²) in [6, 6.07) is 0. The number of terminal acetylenes is 1. The molecule has 0 aliphatic carbocycles. The minimum atomic E-state index is -0.318. The van der Waals surface area contributed by atoms with Gasteiger partial charge in [0.15, 0.2) is 6.61 Å². The minimum absolute atomic E-state index is 0.00104. The van der Waals surface area contributed by atoms with Gasteiger partial charge in [-0.05, 0) is 19.8 Å². The predicted octanol–water partition coefficient (Wildman–Crippen LogP) is 1.53. The maximum Gasteiger partial charge on any atom is 0.309 e. The largest absolute Gasteiger partial charge is 0.466 e. The Hall–Kier alpha value is -1.50. The highest BCUT2D eigenvalue weighted by atomic mass is 16.5. The monoisotopic (exact) mass is 226 g/mol. The van der Waals surface area contributed by atoms with Gasteiger partial charge in [0.2, 0.25) is 0 Å². The van der Waals surface area contributed by atoms with Crippen LogP contribution in [-0.4, -0.2) is 25.2 Å². The van der Waals surface area contributed by atoms with Crippen molar-refractivity contribution >= 4 is 11.9 Å². The van der Waals surface area contributed by atoms with E-state index in [0.29, 0.717) is 25.9 Å². The van der Waals surface area contributed by atoms with Crippen molar-refractivity contribution in [3.63, 3.8) is 0 Å². The second-order valence-corrected chi connectivity index (χ2v) is 3.41. The first-order valence-corrected chi connectivity index (χ1v) is 5.37. The summed E-state index contributed by atoms with van der Waals surface area (Å²) < 4.78 is 9.53. The average molecular weight is 226 g/mol. The molecule has 0 aromatic heterocycles. The molecule has 90 valence electrons. The molecule has 1 unspecified atom stereocenters. The zero-order chi connectivity index (χ0) is 12.4. The van der Waals surface area contributed by atoms with Gasteiger partial charge in [0, 0.05) is 6.42 Å². The molecule has 0 saturated heterocycles. The molecule has 0 aliphatic heterocycles. The first kappa shape index (κ1) is 14.5. The Kier molecular flexibility index (Phi) is 7.96. The fraction of sp³-hybridized carbons (Fsp3) is 0.667. The highest BCUT2D eigenvalue weighted by Crippen LogP contribution is 2.10. The van der Waals surface area contributed by atoms with Gasteiger partial charge in [-0.15, -0.1) is 6.42 Å². The molecule has 0 rings (SSSR count). The highest BCUT2D eigenvalue weighted by molar-refractivity contribution is 5.72. The van der Waals surface area contributed by atoms with E-state index >= 15 is 0 Å². The molecule has 0 aromatic carbocycles. The van der Waals surface area contributed by atoms with Crippen LogP contribution in [0.4, 0.5) is 0 Å². The quantitative estimate of drug-likeness (QED) is 0.488. The van der Waals surface area contributed by atoms with Crippen molar-refractivity contribution in [2.24, 2.45) is 5.92 Å². The fourth-order valence-electron chi connectivity index (χ4n) is 1.16. The van der Waals surface area contributed by atoms with Crippen LogP contribution >= 0.6 is 0 Å². The standard InChI is InChI=1S/C12H18O4/c1-4-9-16-12(14)10(3)7-6-8-11(13)15-5-2/h1,10H,5-9H2,2-3H3. The third-order valence-electron chi connectivity index (χ3n) is 2.02. The van der Waals surface area contributed by atoms with Gasteiger partial charge in [0.1, 0.15) is 0 Å². The van der Waals surface area contributed by atoms with Crippen LogP contribution < -0.4 is 0 Å². The van der Waals surface area contributed by atoms with Gasteiger partial charge in [0.25, 0.3) is 0 Å². The molecular weight excluding hydrogens is 208 g/mol. The summed E-state index contributed by atoms with van der Waals surface area (Å²) in [6.07, 6.45) is 6.51. The Morgan fingerprint density at radius 3 is 2.62 bits per heavy atom. The second-order valence-electron chi connectivity index (χ2n) is 3.41. The Balaban J connectivity index is 3.64. The maximum atomic E-state index is 11.3. The molecule has 0 aliphatic rings. The average Bonchev–Trinajstić information content (AvgIpc) is 2.26. The smallest absolute Gasteiger partial charge is 0.309 e. The lowest BCUT2D eigenvalue weighted by atomic mass is 10.0. The van der Waals surface area contributed by atoms with Crippen molar-refractivity contribution in [2.75, 3.05) is 13.2 Å². The van der Waals surface area contributed by atoms with Gasteiger partial charge in [-0.2, -0.15) is 0 Å². The Morgan fingerprint density at radius 2 is 2.06 bits per heavy atom. The van der Waals surface area contributed by atoms with Crippen LogP contribution in [0.15, 0.2) is 0 Å². The lowest BCUT2D eigenvalue weighted by Crippen LogP contribution is -2.15. The van der Waals surface area contributed by atoms with Crippen molar-refractivity contribution in [2.45, 2.75) is 33.1 Å². The third-order valence-corrected chi connectivity index (χ3v) is 2.02. The predicted molar refractivity (Wildman–Crippen MR) is 59.4 cm³/mol. The van der Waals surface area contributed by atoms with Crippen LogP contribution in [0.5, 0.6) is 0 Å². The molecule has 4 nitrogen and oxygen atoms in total. The molecule has 0 heterocycles. The van der Waals surface area contributed by atoms with Crippen LogP contribution in [0.2, 0.25) is 0 Å². The molecule has 16 heavy (non-hydrogen) atoms. The summed E-state index contributed by atoms with van der Waals surface area (Å²) in [5.41, 5.74) is 0. The molecule has 0 radical (unpaired) electrons. The van der Waals surface area contributed by atoms with Gasteiger partial charge < -0.3 is 9.47 Å². The highest BCUT2D eigenvalue weighted by Gasteiger charge is 2.14. The van der Waals surface area contributed by atoms with Crippen molar-refractivity contribution < 1.29 is 19.1 Å². The zero-order valence-electron chi connectivity index (χ0n) is 9.82. The lowest BCUT2D eigenvalue weighted by Gasteiger charge is -2.09. The molecule has 0 amide bonds. The summed E-state index contributed by atoms with van der Waals surface area (Å²) >= 11 is 0. The topological polar surface area (TPSA) is 52.6 Å². The summed E-state index contributed by atoms with van der Waals surface area (Å²) in [5.74, 6) is 1.45. The fourth-order valence-corrected chi connectivity index (χ4v) is 1.16. The second kappa shape index (κ2) is 8.78. The zero-order valence-corrected chi connectivity index (χ0v) is 9.82. The summed E-state index contributed by atoms with van der Waals surface area (Å²) in [6.45, 7) is 3.90. The minimum Gasteiger partial charge on any atom is -0.466 e. The number of carbonyl (C=O) groups excluding carboxylic acids is 2. The number of rotatable bonds is 7. The summed E-state index contributed by atoms with van der Waals surface area (Å²) in [5, 5.41) is 0. The summed E-state index contributed by atoms with van der Waals surface area (Å²) in [4.78, 5) is 22.3. The van der Waals surface area contributed by atoms with E-state index in [-0.39, 0.29) is 24.5 Å². The summed E-state index contributed by atoms with van der Waals surface area (Å²) in [7, 11) is 0. The Morgan fingerprint density at radius 1 is 1.38 bits per heavy atom. The van der Waals surface area contributed by atoms with E-state index in [1.165, 1.54) is 0 Å². The van der Waals surface area contributed by atoms with Crippen LogP contribution in [0.1, 0.15) is 33.1 Å². The number of esters is 2. The molecule has 4 heteroatoms. The van der Waals surface area contributed by atoms with E-state index in [4.69, 9.17) is 15.9 Å². The van der Waals surface area contributed by atoms with Crippen molar-refractivity contribution in [3.8, 4) is 12.3 Å². The van der Waals surface area contributed by atoms with Crippen LogP contribution in [0.3, 0.4) is 0 Å². The van der Waals surface area contributed by atoms with E-state index in [1.807, 2.05) is 0 Å². The van der Waals surface area contributed by atoms with E-state index in [2.05, 4.69) is 5.92 Å². The third kappa shape index (κ3) is 6.88. The first-order valence-electron chi connectivity index (χ1n) is 5.37. The normalized spacial score (nSPS) is 11.3. The van der Waals surface area contributed by atoms with E-state index in [0.717, 1.165) is 0 Å². The van der Waals surface area contributed by atoms with Gasteiger partial charge in [-0.3, -0.25) is 9.59 Å². The Bertz CT molecular complexity index is 265. The van der Waals surface area contributed by atoms with E-state index < -0.39 is 0 Å².